The van der Waals surface area contributed by atoms with E-state index < -0.39 is 16.1 Å². The average molecular weight is 438 g/mol. The molecular formula is C20H27N3O4S2. The van der Waals surface area contributed by atoms with Crippen molar-refractivity contribution in [1.82, 2.24) is 9.21 Å². The van der Waals surface area contributed by atoms with Gasteiger partial charge in [-0.1, -0.05) is 6.92 Å². The van der Waals surface area contributed by atoms with Crippen molar-refractivity contribution in [3.05, 3.63) is 24.3 Å². The third kappa shape index (κ3) is 3.80. The highest BCUT2D eigenvalue weighted by molar-refractivity contribution is 8.01. The molecule has 1 aromatic rings. The van der Waals surface area contributed by atoms with Crippen LogP contribution in [0, 0.1) is 5.92 Å². The summed E-state index contributed by atoms with van der Waals surface area (Å²) >= 11 is 1.65. The molecule has 0 aromatic heterocycles. The maximum absolute atomic E-state index is 12.9. The Morgan fingerprint density at radius 1 is 1.28 bits per heavy atom. The van der Waals surface area contributed by atoms with Crippen molar-refractivity contribution in [2.45, 2.75) is 55.3 Å². The van der Waals surface area contributed by atoms with E-state index in [1.807, 2.05) is 6.92 Å². The summed E-state index contributed by atoms with van der Waals surface area (Å²) in [5, 5.41) is 2.84. The molecule has 0 radical (unpaired) electrons. The number of hydrogen-bond donors (Lipinski definition) is 1. The summed E-state index contributed by atoms with van der Waals surface area (Å²) in [5.41, 5.74) is 0.534. The quantitative estimate of drug-likeness (QED) is 0.782. The first-order valence-corrected chi connectivity index (χ1v) is 12.5. The van der Waals surface area contributed by atoms with Crippen LogP contribution in [0.25, 0.3) is 0 Å². The van der Waals surface area contributed by atoms with Crippen molar-refractivity contribution < 1.29 is 18.0 Å². The monoisotopic (exact) mass is 437 g/mol. The Balaban J connectivity index is 1.45. The standard InChI is InChI=1S/C20H27N3O4S2/c1-14-4-3-11-22(12-14)29(26,27)16-7-5-15(6-8-16)21-19(25)17-13-28-20(2)10-9-18(24)23(17)20/h5-8,14,17H,3-4,9-13H2,1-2H3,(H,21,25). The summed E-state index contributed by atoms with van der Waals surface area (Å²) < 4.78 is 27.3. The molecule has 4 rings (SSSR count). The minimum Gasteiger partial charge on any atom is -0.324 e. The Morgan fingerprint density at radius 2 is 2.00 bits per heavy atom. The molecule has 0 spiro atoms. The van der Waals surface area contributed by atoms with Gasteiger partial charge >= 0.3 is 0 Å². The van der Waals surface area contributed by atoms with E-state index in [1.54, 1.807) is 45.2 Å². The van der Waals surface area contributed by atoms with Crippen LogP contribution in [-0.2, 0) is 19.6 Å². The van der Waals surface area contributed by atoms with Gasteiger partial charge in [-0.3, -0.25) is 9.59 Å². The number of piperidine rings is 1. The molecule has 3 aliphatic heterocycles. The Bertz CT molecular complexity index is 918. The van der Waals surface area contributed by atoms with Crippen LogP contribution in [0.5, 0.6) is 0 Å². The lowest BCUT2D eigenvalue weighted by molar-refractivity contribution is -0.135. The minimum absolute atomic E-state index is 0.0230. The number of rotatable bonds is 4. The Labute approximate surface area is 176 Å². The number of carbonyl (C=O) groups is 2. The average Bonchev–Trinajstić information content (AvgIpc) is 3.18. The number of anilines is 1. The van der Waals surface area contributed by atoms with Crippen LogP contribution in [0.4, 0.5) is 5.69 Å². The van der Waals surface area contributed by atoms with E-state index in [0.29, 0.717) is 36.9 Å². The van der Waals surface area contributed by atoms with Crippen molar-refractivity contribution in [3.8, 4) is 0 Å². The molecule has 0 aliphatic carbocycles. The number of nitrogens with one attached hydrogen (secondary N) is 1. The molecule has 3 heterocycles. The van der Waals surface area contributed by atoms with Gasteiger partial charge in [0.15, 0.2) is 0 Å². The molecule has 29 heavy (non-hydrogen) atoms. The predicted octanol–water partition coefficient (Wildman–Crippen LogP) is 2.50. The van der Waals surface area contributed by atoms with Gasteiger partial charge in [-0.05, 0) is 56.4 Å². The second kappa shape index (κ2) is 7.59. The van der Waals surface area contributed by atoms with Crippen molar-refractivity contribution in [1.29, 1.82) is 0 Å². The minimum atomic E-state index is -3.52. The molecule has 0 bridgehead atoms. The summed E-state index contributed by atoms with van der Waals surface area (Å²) in [6.07, 6.45) is 3.17. The Hall–Kier alpha value is -1.58. The first kappa shape index (κ1) is 20.7. The molecule has 1 N–H and O–H groups in total. The van der Waals surface area contributed by atoms with Crippen LogP contribution in [-0.4, -0.2) is 59.2 Å². The fourth-order valence-corrected chi connectivity index (χ4v) is 7.49. The molecule has 2 amide bonds. The van der Waals surface area contributed by atoms with Gasteiger partial charge < -0.3 is 10.2 Å². The molecule has 3 unspecified atom stereocenters. The summed E-state index contributed by atoms with van der Waals surface area (Å²) in [6, 6.07) is 5.83. The van der Waals surface area contributed by atoms with Crippen LogP contribution in [0.2, 0.25) is 0 Å². The zero-order valence-electron chi connectivity index (χ0n) is 16.8. The lowest BCUT2D eigenvalue weighted by Crippen LogP contribution is -2.48. The summed E-state index contributed by atoms with van der Waals surface area (Å²) in [4.78, 5) is 26.6. The number of nitrogens with zero attached hydrogens (tertiary/aromatic N) is 2. The molecular weight excluding hydrogens is 410 g/mol. The van der Waals surface area contributed by atoms with Crippen LogP contribution in [0.1, 0.15) is 39.5 Å². The van der Waals surface area contributed by atoms with Gasteiger partial charge in [0, 0.05) is 31.0 Å². The number of fused-ring (bicyclic) bond motifs is 1. The number of amides is 2. The molecule has 3 fully saturated rings. The number of carbonyl (C=O) groups excluding carboxylic acids is 2. The summed E-state index contributed by atoms with van der Waals surface area (Å²) in [7, 11) is -3.52. The number of thioether (sulfide) groups is 1. The summed E-state index contributed by atoms with van der Waals surface area (Å²) in [5.74, 6) is 0.736. The fourth-order valence-electron chi connectivity index (χ4n) is 4.46. The number of benzene rings is 1. The van der Waals surface area contributed by atoms with Crippen LogP contribution < -0.4 is 5.32 Å². The molecule has 3 aliphatic rings. The van der Waals surface area contributed by atoms with Gasteiger partial charge in [0.05, 0.1) is 9.77 Å². The van der Waals surface area contributed by atoms with E-state index in [9.17, 15) is 18.0 Å². The first-order chi connectivity index (χ1) is 13.7. The zero-order chi connectivity index (χ0) is 20.8. The largest absolute Gasteiger partial charge is 0.324 e. The van der Waals surface area contributed by atoms with Gasteiger partial charge in [0.1, 0.15) is 6.04 Å². The van der Waals surface area contributed by atoms with Crippen molar-refractivity contribution >= 4 is 39.3 Å². The van der Waals surface area contributed by atoms with Gasteiger partial charge in [0.2, 0.25) is 21.8 Å². The van der Waals surface area contributed by atoms with Crippen molar-refractivity contribution in [2.75, 3.05) is 24.2 Å². The number of sulfonamides is 1. The topological polar surface area (TPSA) is 86.8 Å². The van der Waals surface area contributed by atoms with E-state index in [2.05, 4.69) is 12.2 Å². The van der Waals surface area contributed by atoms with Crippen molar-refractivity contribution in [3.63, 3.8) is 0 Å². The molecule has 1 aromatic carbocycles. The van der Waals surface area contributed by atoms with Crippen molar-refractivity contribution in [2.24, 2.45) is 5.92 Å². The van der Waals surface area contributed by atoms with E-state index >= 15 is 0 Å². The van der Waals surface area contributed by atoms with Gasteiger partial charge in [-0.15, -0.1) is 11.8 Å². The molecule has 3 atom stereocenters. The number of hydrogen-bond acceptors (Lipinski definition) is 5. The first-order valence-electron chi connectivity index (χ1n) is 10.1. The van der Waals surface area contributed by atoms with E-state index in [-0.39, 0.29) is 21.6 Å². The highest BCUT2D eigenvalue weighted by Gasteiger charge is 2.52. The smallest absolute Gasteiger partial charge is 0.248 e. The highest BCUT2D eigenvalue weighted by atomic mass is 32.2. The SMILES string of the molecule is CC1CCCN(S(=O)(=O)c2ccc(NC(=O)C3CSC4(C)CCC(=O)N34)cc2)C1. The molecule has 0 saturated carbocycles. The van der Waals surface area contributed by atoms with Crippen LogP contribution >= 0.6 is 11.8 Å². The van der Waals surface area contributed by atoms with Gasteiger partial charge in [-0.2, -0.15) is 4.31 Å². The molecule has 9 heteroatoms. The zero-order valence-corrected chi connectivity index (χ0v) is 18.4. The fraction of sp³-hybridized carbons (Fsp3) is 0.600. The van der Waals surface area contributed by atoms with Gasteiger partial charge in [-0.25, -0.2) is 8.42 Å². The summed E-state index contributed by atoms with van der Waals surface area (Å²) in [6.45, 7) is 5.17. The third-order valence-electron chi connectivity index (χ3n) is 6.13. The lowest BCUT2D eigenvalue weighted by Gasteiger charge is -2.30. The molecule has 7 nitrogen and oxygen atoms in total. The molecule has 158 valence electrons. The Morgan fingerprint density at radius 3 is 2.69 bits per heavy atom. The maximum Gasteiger partial charge on any atom is 0.248 e. The highest BCUT2D eigenvalue weighted by Crippen LogP contribution is 2.47. The van der Waals surface area contributed by atoms with Crippen LogP contribution in [0.3, 0.4) is 0 Å². The van der Waals surface area contributed by atoms with E-state index in [4.69, 9.17) is 0 Å². The molecule has 3 saturated heterocycles. The second-order valence-electron chi connectivity index (χ2n) is 8.39. The maximum atomic E-state index is 12.9. The Kier molecular flexibility index (Phi) is 5.41. The third-order valence-corrected chi connectivity index (χ3v) is 9.51. The van der Waals surface area contributed by atoms with E-state index in [0.717, 1.165) is 19.3 Å². The van der Waals surface area contributed by atoms with Gasteiger partial charge in [0.25, 0.3) is 0 Å². The van der Waals surface area contributed by atoms with Crippen LogP contribution in [0.15, 0.2) is 29.2 Å². The predicted molar refractivity (Wildman–Crippen MR) is 113 cm³/mol. The second-order valence-corrected chi connectivity index (χ2v) is 11.8. The van der Waals surface area contributed by atoms with E-state index in [1.165, 1.54) is 0 Å². The lowest BCUT2D eigenvalue weighted by atomic mass is 10.0. The normalized spacial score (nSPS) is 30.4.